The smallest absolute Gasteiger partial charge is 0.320 e. The minimum atomic E-state index is -0.963. The number of hydrogen-bond donors (Lipinski definition) is 2. The molecule has 1 aromatic carbocycles. The number of piperidine rings is 1. The summed E-state index contributed by atoms with van der Waals surface area (Å²) in [5.41, 5.74) is -1.08. The fourth-order valence-corrected chi connectivity index (χ4v) is 4.64. The third-order valence-electron chi connectivity index (χ3n) is 5.80. The predicted molar refractivity (Wildman–Crippen MR) is 104 cm³/mol. The molecule has 2 N–H and O–H groups in total. The first kappa shape index (κ1) is 20.6. The lowest BCUT2D eigenvalue weighted by Gasteiger charge is -2.43. The lowest BCUT2D eigenvalue weighted by atomic mass is 9.79. The fourth-order valence-electron chi connectivity index (χ4n) is 4.64. The van der Waals surface area contributed by atoms with Crippen molar-refractivity contribution in [2.75, 3.05) is 18.4 Å². The Balaban J connectivity index is 1.75. The minimum Gasteiger partial charge on any atom is -0.340 e. The van der Waals surface area contributed by atoms with Crippen molar-refractivity contribution in [2.24, 2.45) is 11.8 Å². The summed E-state index contributed by atoms with van der Waals surface area (Å²) in [5, 5.41) is 5.27. The summed E-state index contributed by atoms with van der Waals surface area (Å²) < 4.78 is 26.9. The van der Waals surface area contributed by atoms with Crippen molar-refractivity contribution in [3.8, 4) is 0 Å². The van der Waals surface area contributed by atoms with Crippen LogP contribution in [0.4, 0.5) is 19.3 Å². The summed E-state index contributed by atoms with van der Waals surface area (Å²) in [7, 11) is 0. The van der Waals surface area contributed by atoms with Gasteiger partial charge in [0.2, 0.25) is 5.91 Å². The Hall–Kier alpha value is -2.18. The Kier molecular flexibility index (Phi) is 6.20. The van der Waals surface area contributed by atoms with Gasteiger partial charge in [0.1, 0.15) is 17.2 Å². The number of nitrogens with zero attached hydrogens (tertiary/aromatic N) is 1. The monoisotopic (exact) mass is 393 g/mol. The van der Waals surface area contributed by atoms with Crippen LogP contribution in [0, 0.1) is 23.5 Å². The summed E-state index contributed by atoms with van der Waals surface area (Å²) in [6.45, 7) is 5.67. The first-order valence-corrected chi connectivity index (χ1v) is 10.1. The van der Waals surface area contributed by atoms with Crippen LogP contribution in [0.1, 0.15) is 52.4 Å². The number of urea groups is 1. The highest BCUT2D eigenvalue weighted by Gasteiger charge is 2.44. The van der Waals surface area contributed by atoms with E-state index >= 15 is 0 Å². The van der Waals surface area contributed by atoms with Crippen LogP contribution in [0.3, 0.4) is 0 Å². The van der Waals surface area contributed by atoms with Crippen LogP contribution < -0.4 is 10.6 Å². The number of anilines is 1. The van der Waals surface area contributed by atoms with Gasteiger partial charge in [0.15, 0.2) is 0 Å². The van der Waals surface area contributed by atoms with Crippen molar-refractivity contribution >= 4 is 17.6 Å². The van der Waals surface area contributed by atoms with Crippen LogP contribution >= 0.6 is 0 Å². The first-order chi connectivity index (χ1) is 13.3. The van der Waals surface area contributed by atoms with Gasteiger partial charge >= 0.3 is 6.03 Å². The van der Waals surface area contributed by atoms with Crippen LogP contribution in [0.25, 0.3) is 0 Å². The number of carbonyl (C=O) groups is 2. The molecular weight excluding hydrogens is 364 g/mol. The van der Waals surface area contributed by atoms with Gasteiger partial charge in [-0.3, -0.25) is 4.79 Å². The molecule has 2 aliphatic rings. The quantitative estimate of drug-likeness (QED) is 0.805. The maximum atomic E-state index is 13.9. The molecule has 3 amide bonds. The number of halogens is 2. The second kappa shape index (κ2) is 8.45. The molecule has 0 bridgehead atoms. The van der Waals surface area contributed by atoms with Gasteiger partial charge in [-0.05, 0) is 43.2 Å². The van der Waals surface area contributed by atoms with Gasteiger partial charge < -0.3 is 15.5 Å². The third-order valence-corrected chi connectivity index (χ3v) is 5.80. The van der Waals surface area contributed by atoms with Crippen LogP contribution in [-0.4, -0.2) is 35.5 Å². The average Bonchev–Trinajstić information content (AvgIpc) is 2.63. The largest absolute Gasteiger partial charge is 0.340 e. The Labute approximate surface area is 164 Å². The number of nitrogens with one attached hydrogen (secondary N) is 2. The molecule has 1 aromatic rings. The highest BCUT2D eigenvalue weighted by molar-refractivity contribution is 5.96. The zero-order chi connectivity index (χ0) is 20.3. The molecule has 28 heavy (non-hydrogen) atoms. The van der Waals surface area contributed by atoms with Gasteiger partial charge in [0.25, 0.3) is 0 Å². The lowest BCUT2D eigenvalue weighted by molar-refractivity contribution is -0.142. The second-order valence-electron chi connectivity index (χ2n) is 8.50. The van der Waals surface area contributed by atoms with E-state index in [9.17, 15) is 18.4 Å². The molecule has 0 spiro atoms. The molecule has 1 heterocycles. The number of carbonyl (C=O) groups excluding carboxylic acids is 2. The molecular formula is C21H29F2N3O2. The maximum absolute atomic E-state index is 13.9. The van der Waals surface area contributed by atoms with Crippen molar-refractivity contribution in [3.63, 3.8) is 0 Å². The predicted octanol–water partition coefficient (Wildman–Crippen LogP) is 4.29. The van der Waals surface area contributed by atoms with Gasteiger partial charge in [-0.2, -0.15) is 0 Å². The van der Waals surface area contributed by atoms with E-state index in [0.717, 1.165) is 31.7 Å². The summed E-state index contributed by atoms with van der Waals surface area (Å²) >= 11 is 0. The lowest BCUT2D eigenvalue weighted by Crippen LogP contribution is -2.62. The number of hydrogen-bond acceptors (Lipinski definition) is 2. The Bertz CT molecular complexity index is 724. The van der Waals surface area contributed by atoms with E-state index in [-0.39, 0.29) is 11.6 Å². The molecule has 2 atom stereocenters. The SMILES string of the molecule is CC1CC(C)CN(C(=O)C2(NC(=O)Nc3ccc(F)cc3F)CCCCC2)C1. The number of likely N-dealkylation sites (tertiary alicyclic amines) is 1. The number of rotatable bonds is 3. The molecule has 7 heteroatoms. The molecule has 1 aliphatic carbocycles. The number of benzene rings is 1. The van der Waals surface area contributed by atoms with E-state index in [1.54, 1.807) is 0 Å². The zero-order valence-corrected chi connectivity index (χ0v) is 16.6. The van der Waals surface area contributed by atoms with Crippen molar-refractivity contribution in [1.82, 2.24) is 10.2 Å². The van der Waals surface area contributed by atoms with E-state index in [1.807, 2.05) is 4.90 Å². The molecule has 0 aromatic heterocycles. The van der Waals surface area contributed by atoms with Crippen molar-refractivity contribution < 1.29 is 18.4 Å². The van der Waals surface area contributed by atoms with E-state index in [4.69, 9.17) is 0 Å². The minimum absolute atomic E-state index is 0.0414. The van der Waals surface area contributed by atoms with Crippen molar-refractivity contribution in [3.05, 3.63) is 29.8 Å². The number of amides is 3. The van der Waals surface area contributed by atoms with Crippen LogP contribution in [0.5, 0.6) is 0 Å². The maximum Gasteiger partial charge on any atom is 0.320 e. The molecule has 1 aliphatic heterocycles. The molecule has 2 unspecified atom stereocenters. The second-order valence-corrected chi connectivity index (χ2v) is 8.50. The molecule has 1 saturated carbocycles. The average molecular weight is 393 g/mol. The highest BCUT2D eigenvalue weighted by Crippen LogP contribution is 2.32. The topological polar surface area (TPSA) is 61.4 Å². The first-order valence-electron chi connectivity index (χ1n) is 10.1. The normalized spacial score (nSPS) is 24.5. The molecule has 0 radical (unpaired) electrons. The summed E-state index contributed by atoms with van der Waals surface area (Å²) in [6.07, 6.45) is 4.98. The van der Waals surface area contributed by atoms with Gasteiger partial charge in [-0.25, -0.2) is 13.6 Å². The van der Waals surface area contributed by atoms with Crippen LogP contribution in [0.15, 0.2) is 18.2 Å². The van der Waals surface area contributed by atoms with Crippen LogP contribution in [0.2, 0.25) is 0 Å². The molecule has 1 saturated heterocycles. The van der Waals surface area contributed by atoms with Gasteiger partial charge in [-0.1, -0.05) is 33.1 Å². The van der Waals surface area contributed by atoms with Crippen molar-refractivity contribution in [1.29, 1.82) is 0 Å². The van der Waals surface area contributed by atoms with Gasteiger partial charge in [0, 0.05) is 19.2 Å². The third kappa shape index (κ3) is 4.62. The zero-order valence-electron chi connectivity index (χ0n) is 16.6. The molecule has 154 valence electrons. The highest BCUT2D eigenvalue weighted by atomic mass is 19.1. The summed E-state index contributed by atoms with van der Waals surface area (Å²) in [6, 6.07) is 2.33. The van der Waals surface area contributed by atoms with E-state index < -0.39 is 23.2 Å². The standard InChI is InChI=1S/C21H29F2N3O2/c1-14-10-15(2)13-26(12-14)19(27)21(8-4-3-5-9-21)25-20(28)24-18-7-6-16(22)11-17(18)23/h6-7,11,14-15H,3-5,8-10,12-13H2,1-2H3,(H2,24,25,28). The molecule has 3 rings (SSSR count). The Morgan fingerprint density at radius 2 is 1.71 bits per heavy atom. The van der Waals surface area contributed by atoms with Gasteiger partial charge in [0.05, 0.1) is 5.69 Å². The Morgan fingerprint density at radius 1 is 1.07 bits per heavy atom. The van der Waals surface area contributed by atoms with E-state index in [1.165, 1.54) is 6.07 Å². The molecule has 2 fully saturated rings. The van der Waals surface area contributed by atoms with E-state index in [0.29, 0.717) is 43.8 Å². The molecule has 5 nitrogen and oxygen atoms in total. The van der Waals surface area contributed by atoms with Gasteiger partial charge in [-0.15, -0.1) is 0 Å². The van der Waals surface area contributed by atoms with Crippen molar-refractivity contribution in [2.45, 2.75) is 57.9 Å². The summed E-state index contributed by atoms with van der Waals surface area (Å²) in [4.78, 5) is 27.9. The van der Waals surface area contributed by atoms with E-state index in [2.05, 4.69) is 24.5 Å². The fraction of sp³-hybridized carbons (Fsp3) is 0.619. The Morgan fingerprint density at radius 3 is 2.32 bits per heavy atom. The van der Waals surface area contributed by atoms with Crippen LogP contribution in [-0.2, 0) is 4.79 Å². The summed E-state index contributed by atoms with van der Waals surface area (Å²) in [5.74, 6) is -0.750.